The number of carbonyl (C=O) groups excluding carboxylic acids is 4. The second-order valence-corrected chi connectivity index (χ2v) is 7.59. The van der Waals surface area contributed by atoms with Gasteiger partial charge in [0.15, 0.2) is 29.6 Å². The van der Waals surface area contributed by atoms with Gasteiger partial charge in [-0.05, 0) is 13.0 Å². The lowest BCUT2D eigenvalue weighted by Gasteiger charge is -2.49. The maximum atomic E-state index is 13.4. The van der Waals surface area contributed by atoms with E-state index in [0.29, 0.717) is 0 Å². The van der Waals surface area contributed by atoms with Gasteiger partial charge in [0, 0.05) is 12.0 Å². The van der Waals surface area contributed by atoms with Crippen LogP contribution in [0.4, 0.5) is 0 Å². The number of phenols is 1. The van der Waals surface area contributed by atoms with E-state index in [2.05, 4.69) is 0 Å². The van der Waals surface area contributed by atoms with Gasteiger partial charge in [0.1, 0.15) is 11.9 Å². The predicted molar refractivity (Wildman–Crippen MR) is 92.1 cm³/mol. The molecule has 1 aliphatic carbocycles. The van der Waals surface area contributed by atoms with Gasteiger partial charge in [0.05, 0.1) is 29.2 Å². The topological polar surface area (TPSA) is 136 Å². The van der Waals surface area contributed by atoms with Crippen molar-refractivity contribution in [2.75, 3.05) is 0 Å². The molecular weight excluding hydrogens is 384 g/mol. The molecule has 9 nitrogen and oxygen atoms in total. The second-order valence-electron chi connectivity index (χ2n) is 7.59. The van der Waals surface area contributed by atoms with E-state index < -0.39 is 64.8 Å². The number of esters is 1. The van der Waals surface area contributed by atoms with E-state index in [0.717, 1.165) is 0 Å². The zero-order chi connectivity index (χ0) is 20.7. The zero-order valence-corrected chi connectivity index (χ0v) is 15.2. The highest BCUT2D eigenvalue weighted by molar-refractivity contribution is 6.29. The molecule has 0 radical (unpaired) electrons. The molecule has 0 bridgehead atoms. The molecule has 150 valence electrons. The minimum Gasteiger partial charge on any atom is -0.507 e. The SMILES string of the molecule is CC1CC(=O)C(O)C2(O1)O[C@@H]1CC(=O)O[C@@H]1C1=C2C(=O)c2c(O)cccc2C1=O. The van der Waals surface area contributed by atoms with Crippen LogP contribution < -0.4 is 0 Å². The van der Waals surface area contributed by atoms with Gasteiger partial charge in [-0.1, -0.05) is 12.1 Å². The molecule has 1 aromatic carbocycles. The van der Waals surface area contributed by atoms with E-state index in [1.54, 1.807) is 6.92 Å². The quantitative estimate of drug-likeness (QED) is 0.586. The van der Waals surface area contributed by atoms with Crippen LogP contribution in [0.2, 0.25) is 0 Å². The Morgan fingerprint density at radius 2 is 1.83 bits per heavy atom. The van der Waals surface area contributed by atoms with Crippen molar-refractivity contribution in [3.05, 3.63) is 40.5 Å². The van der Waals surface area contributed by atoms with Crippen molar-refractivity contribution in [3.8, 4) is 5.75 Å². The van der Waals surface area contributed by atoms with Gasteiger partial charge in [-0.2, -0.15) is 0 Å². The largest absolute Gasteiger partial charge is 0.507 e. The maximum absolute atomic E-state index is 13.4. The highest BCUT2D eigenvalue weighted by atomic mass is 16.7. The number of benzene rings is 1. The molecule has 0 aromatic heterocycles. The fourth-order valence-electron chi connectivity index (χ4n) is 4.56. The number of hydrogen-bond donors (Lipinski definition) is 2. The predicted octanol–water partition coefficient (Wildman–Crippen LogP) is 0.217. The molecule has 1 aromatic rings. The fraction of sp³-hybridized carbons (Fsp3) is 0.400. The molecular formula is C20H16O9. The number of aromatic hydroxyl groups is 1. The van der Waals surface area contributed by atoms with Gasteiger partial charge in [0.25, 0.3) is 0 Å². The summed E-state index contributed by atoms with van der Waals surface area (Å²) in [6.07, 6.45) is -5.12. The van der Waals surface area contributed by atoms with Crippen LogP contribution in [-0.4, -0.2) is 63.7 Å². The highest BCUT2D eigenvalue weighted by Gasteiger charge is 2.64. The van der Waals surface area contributed by atoms with E-state index >= 15 is 0 Å². The number of ether oxygens (including phenoxy) is 3. The minimum atomic E-state index is -2.26. The summed E-state index contributed by atoms with van der Waals surface area (Å²) in [6.45, 7) is 1.57. The number of carbonyl (C=O) groups is 4. The Balaban J connectivity index is 1.81. The third-order valence-corrected chi connectivity index (χ3v) is 5.71. The monoisotopic (exact) mass is 400 g/mol. The number of aliphatic hydroxyl groups excluding tert-OH is 1. The summed E-state index contributed by atoms with van der Waals surface area (Å²) in [6, 6.07) is 4.03. The molecule has 5 rings (SSSR count). The van der Waals surface area contributed by atoms with Crippen LogP contribution in [0.5, 0.6) is 5.75 Å². The Kier molecular flexibility index (Phi) is 3.64. The minimum absolute atomic E-state index is 0.0582. The van der Waals surface area contributed by atoms with E-state index in [1.165, 1.54) is 18.2 Å². The zero-order valence-electron chi connectivity index (χ0n) is 15.2. The lowest BCUT2D eigenvalue weighted by Crippen LogP contribution is -2.65. The van der Waals surface area contributed by atoms with Crippen LogP contribution in [0.25, 0.3) is 0 Å². The molecule has 4 aliphatic rings. The van der Waals surface area contributed by atoms with E-state index in [1.807, 2.05) is 0 Å². The highest BCUT2D eigenvalue weighted by Crippen LogP contribution is 2.50. The molecule has 1 spiro atoms. The molecule has 2 fully saturated rings. The van der Waals surface area contributed by atoms with Crippen molar-refractivity contribution in [2.24, 2.45) is 0 Å². The lowest BCUT2D eigenvalue weighted by molar-refractivity contribution is -0.305. The van der Waals surface area contributed by atoms with Crippen LogP contribution >= 0.6 is 0 Å². The van der Waals surface area contributed by atoms with Crippen molar-refractivity contribution in [1.82, 2.24) is 0 Å². The van der Waals surface area contributed by atoms with Gasteiger partial charge in [-0.15, -0.1) is 0 Å². The summed E-state index contributed by atoms with van der Waals surface area (Å²) in [7, 11) is 0. The Bertz CT molecular complexity index is 1040. The van der Waals surface area contributed by atoms with Crippen molar-refractivity contribution in [1.29, 1.82) is 0 Å². The number of ketones is 3. The van der Waals surface area contributed by atoms with Crippen LogP contribution in [0.3, 0.4) is 0 Å². The summed E-state index contributed by atoms with van der Waals surface area (Å²) in [4.78, 5) is 51.1. The Hall–Kier alpha value is -2.88. The standard InChI is InChI=1S/C20H16O9/c1-7-5-10(22)19(26)20(28-7)15-14(18-11(29-20)6-12(23)27-18)16(24)8-3-2-4-9(21)13(8)17(15)25/h2-4,7,11,18-19,21,26H,5-6H2,1H3/t7?,11-,18+,19?,20?/m1/s1. The molecule has 3 aliphatic heterocycles. The van der Waals surface area contributed by atoms with Gasteiger partial charge >= 0.3 is 5.97 Å². The first-order valence-electron chi connectivity index (χ1n) is 9.16. The average Bonchev–Trinajstić information content (AvgIpc) is 3.02. The van der Waals surface area contributed by atoms with Gasteiger partial charge in [0.2, 0.25) is 5.79 Å². The summed E-state index contributed by atoms with van der Waals surface area (Å²) in [5, 5.41) is 21.0. The van der Waals surface area contributed by atoms with Crippen LogP contribution in [-0.2, 0) is 23.8 Å². The van der Waals surface area contributed by atoms with Crippen molar-refractivity contribution >= 4 is 23.3 Å². The van der Waals surface area contributed by atoms with E-state index in [4.69, 9.17) is 14.2 Å². The van der Waals surface area contributed by atoms with Crippen molar-refractivity contribution in [3.63, 3.8) is 0 Å². The van der Waals surface area contributed by atoms with E-state index in [-0.39, 0.29) is 29.5 Å². The number of hydrogen-bond acceptors (Lipinski definition) is 9. The first-order chi connectivity index (χ1) is 13.7. The molecule has 3 unspecified atom stereocenters. The van der Waals surface area contributed by atoms with Crippen molar-refractivity contribution < 1.29 is 43.6 Å². The summed E-state index contributed by atoms with van der Waals surface area (Å²) in [5.41, 5.74) is -0.920. The maximum Gasteiger partial charge on any atom is 0.309 e. The summed E-state index contributed by atoms with van der Waals surface area (Å²) < 4.78 is 16.9. The molecule has 3 heterocycles. The average molecular weight is 400 g/mol. The molecule has 2 saturated heterocycles. The Morgan fingerprint density at radius 3 is 2.59 bits per heavy atom. The molecule has 5 atom stereocenters. The van der Waals surface area contributed by atoms with Gasteiger partial charge in [-0.3, -0.25) is 19.2 Å². The second kappa shape index (κ2) is 5.82. The van der Waals surface area contributed by atoms with Crippen LogP contribution in [0.15, 0.2) is 29.3 Å². The van der Waals surface area contributed by atoms with Gasteiger partial charge in [-0.25, -0.2) is 0 Å². The number of aliphatic hydroxyl groups is 1. The summed E-state index contributed by atoms with van der Waals surface area (Å²) in [5.74, 6) is -5.43. The number of Topliss-reactive ketones (excluding diaryl/α,β-unsaturated/α-hetero) is 3. The Morgan fingerprint density at radius 1 is 1.07 bits per heavy atom. The molecule has 0 amide bonds. The molecule has 0 saturated carbocycles. The summed E-state index contributed by atoms with van der Waals surface area (Å²) >= 11 is 0. The number of rotatable bonds is 0. The molecule has 29 heavy (non-hydrogen) atoms. The third kappa shape index (κ3) is 2.26. The molecule has 9 heteroatoms. The third-order valence-electron chi connectivity index (χ3n) is 5.71. The first-order valence-corrected chi connectivity index (χ1v) is 9.16. The fourth-order valence-corrected chi connectivity index (χ4v) is 4.56. The number of fused-ring (bicyclic) bond motifs is 4. The van der Waals surface area contributed by atoms with Crippen molar-refractivity contribution in [2.45, 2.75) is 50.0 Å². The molecule has 2 N–H and O–H groups in total. The van der Waals surface area contributed by atoms with Crippen LogP contribution in [0.1, 0.15) is 40.5 Å². The van der Waals surface area contributed by atoms with Crippen LogP contribution in [0, 0.1) is 0 Å². The van der Waals surface area contributed by atoms with E-state index in [9.17, 15) is 29.4 Å². The lowest BCUT2D eigenvalue weighted by atomic mass is 9.73. The normalized spacial score (nSPS) is 36.1. The number of phenolic OH excluding ortho intramolecular Hbond substituents is 1. The first kappa shape index (κ1) is 18.2. The smallest absolute Gasteiger partial charge is 0.309 e. The Labute approximate surface area is 163 Å². The van der Waals surface area contributed by atoms with Gasteiger partial charge < -0.3 is 24.4 Å².